The molecule has 3 N–H and O–H groups in total. The molecule has 0 bridgehead atoms. The molecule has 1 heterocycles. The van der Waals surface area contributed by atoms with Crippen LogP contribution in [0.3, 0.4) is 0 Å². The molecule has 1 aromatic rings. The highest BCUT2D eigenvalue weighted by Crippen LogP contribution is 2.10. The molecule has 24 heavy (non-hydrogen) atoms. The summed E-state index contributed by atoms with van der Waals surface area (Å²) in [7, 11) is 0. The number of piperazine rings is 1. The van der Waals surface area contributed by atoms with Gasteiger partial charge in [0.1, 0.15) is 0 Å². The SMILES string of the molecule is Cl.O=C(CCNC(=O)c1ccc(Br)cc1)NCCN1CCNCC1. The van der Waals surface area contributed by atoms with Gasteiger partial charge in [0.05, 0.1) is 0 Å². The van der Waals surface area contributed by atoms with E-state index in [1.165, 1.54) is 0 Å². The van der Waals surface area contributed by atoms with Crippen LogP contribution >= 0.6 is 28.3 Å². The van der Waals surface area contributed by atoms with Gasteiger partial charge < -0.3 is 16.0 Å². The van der Waals surface area contributed by atoms with Crippen molar-refractivity contribution in [3.8, 4) is 0 Å². The van der Waals surface area contributed by atoms with Gasteiger partial charge in [-0.15, -0.1) is 12.4 Å². The Morgan fingerprint density at radius 1 is 1.08 bits per heavy atom. The number of hydrogen-bond donors (Lipinski definition) is 3. The number of hydrogen-bond acceptors (Lipinski definition) is 4. The molecule has 1 aromatic carbocycles. The summed E-state index contributed by atoms with van der Waals surface area (Å²) in [5.41, 5.74) is 0.590. The first kappa shape index (κ1) is 20.9. The fourth-order valence-electron chi connectivity index (χ4n) is 2.37. The maximum Gasteiger partial charge on any atom is 0.251 e. The number of carbonyl (C=O) groups is 2. The zero-order valence-electron chi connectivity index (χ0n) is 13.5. The molecule has 0 atom stereocenters. The van der Waals surface area contributed by atoms with E-state index < -0.39 is 0 Å². The smallest absolute Gasteiger partial charge is 0.251 e. The van der Waals surface area contributed by atoms with Crippen molar-refractivity contribution in [2.24, 2.45) is 0 Å². The third-order valence-electron chi connectivity index (χ3n) is 3.70. The molecule has 0 unspecified atom stereocenters. The lowest BCUT2D eigenvalue weighted by Gasteiger charge is -2.27. The van der Waals surface area contributed by atoms with Crippen molar-refractivity contribution in [2.75, 3.05) is 45.8 Å². The van der Waals surface area contributed by atoms with Gasteiger partial charge in [-0.3, -0.25) is 14.5 Å². The highest BCUT2D eigenvalue weighted by atomic mass is 79.9. The number of nitrogens with zero attached hydrogens (tertiary/aromatic N) is 1. The first-order chi connectivity index (χ1) is 11.1. The molecule has 134 valence electrons. The zero-order valence-corrected chi connectivity index (χ0v) is 15.9. The minimum Gasteiger partial charge on any atom is -0.355 e. The summed E-state index contributed by atoms with van der Waals surface area (Å²) in [5.74, 6) is -0.192. The molecule has 1 saturated heterocycles. The fraction of sp³-hybridized carbons (Fsp3) is 0.500. The number of nitrogens with one attached hydrogen (secondary N) is 3. The Labute approximate surface area is 157 Å². The van der Waals surface area contributed by atoms with Crippen LogP contribution in [0.5, 0.6) is 0 Å². The van der Waals surface area contributed by atoms with E-state index in [2.05, 4.69) is 36.8 Å². The summed E-state index contributed by atoms with van der Waals surface area (Å²) in [5, 5.41) is 8.94. The Hall–Kier alpha value is -1.15. The molecule has 6 nitrogen and oxygen atoms in total. The minimum absolute atomic E-state index is 0. The van der Waals surface area contributed by atoms with Gasteiger partial charge in [-0.2, -0.15) is 0 Å². The second-order valence-electron chi connectivity index (χ2n) is 5.45. The molecule has 0 aliphatic carbocycles. The van der Waals surface area contributed by atoms with Crippen LogP contribution in [0.4, 0.5) is 0 Å². The van der Waals surface area contributed by atoms with Crippen molar-refractivity contribution in [3.05, 3.63) is 34.3 Å². The second kappa shape index (κ2) is 11.4. The van der Waals surface area contributed by atoms with Crippen LogP contribution in [0.15, 0.2) is 28.7 Å². The first-order valence-electron chi connectivity index (χ1n) is 7.89. The van der Waals surface area contributed by atoms with E-state index >= 15 is 0 Å². The first-order valence-corrected chi connectivity index (χ1v) is 8.68. The molecule has 0 spiro atoms. The van der Waals surface area contributed by atoms with Crippen LogP contribution in [0.25, 0.3) is 0 Å². The minimum atomic E-state index is -0.161. The van der Waals surface area contributed by atoms with Gasteiger partial charge in [0.25, 0.3) is 5.91 Å². The summed E-state index contributed by atoms with van der Waals surface area (Å²) in [6.07, 6.45) is 0.295. The summed E-state index contributed by atoms with van der Waals surface area (Å²) in [6, 6.07) is 7.12. The summed E-state index contributed by atoms with van der Waals surface area (Å²) in [6.45, 7) is 5.94. The Balaban J connectivity index is 0.00000288. The third-order valence-corrected chi connectivity index (χ3v) is 4.23. The monoisotopic (exact) mass is 418 g/mol. The second-order valence-corrected chi connectivity index (χ2v) is 6.37. The van der Waals surface area contributed by atoms with Crippen molar-refractivity contribution >= 4 is 40.2 Å². The van der Waals surface area contributed by atoms with Crippen molar-refractivity contribution in [1.29, 1.82) is 0 Å². The van der Waals surface area contributed by atoms with Crippen LogP contribution in [0.1, 0.15) is 16.8 Å². The molecule has 8 heteroatoms. The molecule has 0 radical (unpaired) electrons. The topological polar surface area (TPSA) is 73.5 Å². The van der Waals surface area contributed by atoms with Crippen molar-refractivity contribution in [3.63, 3.8) is 0 Å². The van der Waals surface area contributed by atoms with E-state index in [4.69, 9.17) is 0 Å². The van der Waals surface area contributed by atoms with E-state index in [0.717, 1.165) is 37.2 Å². The number of rotatable bonds is 7. The van der Waals surface area contributed by atoms with Crippen LogP contribution in [-0.4, -0.2) is 62.5 Å². The molecule has 2 rings (SSSR count). The van der Waals surface area contributed by atoms with Crippen LogP contribution in [-0.2, 0) is 4.79 Å². The number of halogens is 2. The van der Waals surface area contributed by atoms with E-state index in [1.54, 1.807) is 12.1 Å². The standard InChI is InChI=1S/C16H23BrN4O2.ClH/c17-14-3-1-13(2-4-14)16(23)20-6-5-15(22)19-9-12-21-10-7-18-8-11-21;/h1-4,18H,5-12H2,(H,19,22)(H,20,23);1H. The van der Waals surface area contributed by atoms with Crippen molar-refractivity contribution in [1.82, 2.24) is 20.9 Å². The van der Waals surface area contributed by atoms with Crippen molar-refractivity contribution < 1.29 is 9.59 Å². The molecule has 0 aromatic heterocycles. The quantitative estimate of drug-likeness (QED) is 0.617. The van der Waals surface area contributed by atoms with Gasteiger partial charge in [0.15, 0.2) is 0 Å². The number of benzene rings is 1. The van der Waals surface area contributed by atoms with E-state index in [-0.39, 0.29) is 24.2 Å². The summed E-state index contributed by atoms with van der Waals surface area (Å²) in [4.78, 5) is 26.0. The molecule has 1 aliphatic rings. The van der Waals surface area contributed by atoms with Gasteiger partial charge >= 0.3 is 0 Å². The summed E-state index contributed by atoms with van der Waals surface area (Å²) < 4.78 is 0.929. The summed E-state index contributed by atoms with van der Waals surface area (Å²) >= 11 is 3.33. The van der Waals surface area contributed by atoms with Gasteiger partial charge in [0, 0.05) is 62.3 Å². The predicted octanol–water partition coefficient (Wildman–Crippen LogP) is 1.01. The maximum atomic E-state index is 11.9. The number of carbonyl (C=O) groups excluding carboxylic acids is 2. The Morgan fingerprint density at radius 3 is 2.42 bits per heavy atom. The third kappa shape index (κ3) is 7.61. The normalized spacial score (nSPS) is 14.5. The highest BCUT2D eigenvalue weighted by Gasteiger charge is 2.10. The highest BCUT2D eigenvalue weighted by molar-refractivity contribution is 9.10. The molecule has 1 aliphatic heterocycles. The molecular weight excluding hydrogens is 396 g/mol. The Bertz CT molecular complexity index is 521. The molecule has 0 saturated carbocycles. The van der Waals surface area contributed by atoms with Gasteiger partial charge in [-0.25, -0.2) is 0 Å². The van der Waals surface area contributed by atoms with Crippen LogP contribution in [0.2, 0.25) is 0 Å². The van der Waals surface area contributed by atoms with Gasteiger partial charge in [-0.1, -0.05) is 15.9 Å². The lowest BCUT2D eigenvalue weighted by atomic mass is 10.2. The van der Waals surface area contributed by atoms with E-state index in [9.17, 15) is 9.59 Å². The van der Waals surface area contributed by atoms with Crippen molar-refractivity contribution in [2.45, 2.75) is 6.42 Å². The maximum absolute atomic E-state index is 11.9. The molecule has 1 fully saturated rings. The predicted molar refractivity (Wildman–Crippen MR) is 101 cm³/mol. The lowest BCUT2D eigenvalue weighted by molar-refractivity contribution is -0.121. The average molecular weight is 420 g/mol. The fourth-order valence-corrected chi connectivity index (χ4v) is 2.63. The average Bonchev–Trinajstić information content (AvgIpc) is 2.56. The van der Waals surface area contributed by atoms with Gasteiger partial charge in [-0.05, 0) is 24.3 Å². The number of amides is 2. The zero-order chi connectivity index (χ0) is 16.5. The lowest BCUT2D eigenvalue weighted by Crippen LogP contribution is -2.46. The van der Waals surface area contributed by atoms with Crippen LogP contribution in [0, 0.1) is 0 Å². The largest absolute Gasteiger partial charge is 0.355 e. The molecule has 2 amide bonds. The molecular formula is C16H24BrClN4O2. The van der Waals surface area contributed by atoms with Crippen LogP contribution < -0.4 is 16.0 Å². The van der Waals surface area contributed by atoms with E-state index in [1.807, 2.05) is 12.1 Å². The van der Waals surface area contributed by atoms with E-state index in [0.29, 0.717) is 25.1 Å². The van der Waals surface area contributed by atoms with Gasteiger partial charge in [0.2, 0.25) is 5.91 Å². The Morgan fingerprint density at radius 2 is 1.75 bits per heavy atom. The Kier molecular flexibility index (Phi) is 9.94.